The van der Waals surface area contributed by atoms with Crippen molar-refractivity contribution < 1.29 is 9.53 Å². The van der Waals surface area contributed by atoms with Crippen LogP contribution in [0.2, 0.25) is 0 Å². The van der Waals surface area contributed by atoms with Crippen molar-refractivity contribution in [2.75, 3.05) is 19.7 Å². The quantitative estimate of drug-likeness (QED) is 0.544. The van der Waals surface area contributed by atoms with Gasteiger partial charge in [-0.1, -0.05) is 32.0 Å². The molecule has 1 saturated heterocycles. The number of carbonyl (C=O) groups excluding carboxylic acids is 1. The molecule has 0 N–H and O–H groups in total. The number of aromatic nitrogens is 3. The van der Waals surface area contributed by atoms with Crippen LogP contribution >= 0.6 is 15.9 Å². The average molecular weight is 457 g/mol. The minimum absolute atomic E-state index is 0.0847. The first-order chi connectivity index (χ1) is 14.0. The minimum Gasteiger partial charge on any atom is -0.368 e. The first-order valence-electron chi connectivity index (χ1n) is 9.97. The van der Waals surface area contributed by atoms with Crippen molar-refractivity contribution in [1.29, 1.82) is 0 Å². The fourth-order valence-corrected chi connectivity index (χ4v) is 4.07. The lowest BCUT2D eigenvalue weighted by Crippen LogP contribution is -2.44. The Bertz CT molecular complexity index is 1020. The number of halogens is 1. The van der Waals surface area contributed by atoms with E-state index in [9.17, 15) is 4.79 Å². The topological polar surface area (TPSA) is 60.2 Å². The molecule has 1 aromatic carbocycles. The van der Waals surface area contributed by atoms with Gasteiger partial charge in [-0.15, -0.1) is 0 Å². The zero-order valence-corrected chi connectivity index (χ0v) is 18.3. The van der Waals surface area contributed by atoms with Crippen LogP contribution < -0.4 is 0 Å². The zero-order chi connectivity index (χ0) is 20.4. The third-order valence-electron chi connectivity index (χ3n) is 5.10. The van der Waals surface area contributed by atoms with Crippen molar-refractivity contribution >= 4 is 32.9 Å². The number of fused-ring (bicyclic) bond motifs is 1. The van der Waals surface area contributed by atoms with E-state index in [1.54, 1.807) is 0 Å². The van der Waals surface area contributed by atoms with Crippen molar-refractivity contribution in [1.82, 2.24) is 19.4 Å². The fraction of sp³-hybridized carbons (Fsp3) is 0.409. The summed E-state index contributed by atoms with van der Waals surface area (Å²) in [5.74, 6) is 1.52. The van der Waals surface area contributed by atoms with Gasteiger partial charge in [0.15, 0.2) is 0 Å². The number of rotatable bonds is 5. The number of hydrogen-bond donors (Lipinski definition) is 0. The first-order valence-corrected chi connectivity index (χ1v) is 10.8. The molecule has 0 aliphatic carbocycles. The maximum absolute atomic E-state index is 13.2. The van der Waals surface area contributed by atoms with E-state index in [1.165, 1.54) is 0 Å². The van der Waals surface area contributed by atoms with E-state index in [-0.39, 0.29) is 12.0 Å². The second kappa shape index (κ2) is 8.63. The maximum Gasteiger partial charge on any atom is 0.242 e. The van der Waals surface area contributed by atoms with E-state index in [4.69, 9.17) is 9.72 Å². The van der Waals surface area contributed by atoms with Crippen LogP contribution in [0.4, 0.5) is 0 Å². The lowest BCUT2D eigenvalue weighted by atomic mass is 10.1. The molecule has 0 bridgehead atoms. The molecule has 1 fully saturated rings. The van der Waals surface area contributed by atoms with Crippen LogP contribution in [0.3, 0.4) is 0 Å². The molecule has 7 heteroatoms. The summed E-state index contributed by atoms with van der Waals surface area (Å²) in [6.07, 6.45) is 0.634. The minimum atomic E-state index is -0.208. The highest BCUT2D eigenvalue weighted by Crippen LogP contribution is 2.23. The number of pyridine rings is 1. The second-order valence-corrected chi connectivity index (χ2v) is 8.60. The highest BCUT2D eigenvalue weighted by Gasteiger charge is 2.27. The van der Waals surface area contributed by atoms with Gasteiger partial charge in [-0.3, -0.25) is 4.79 Å². The summed E-state index contributed by atoms with van der Waals surface area (Å²) < 4.78 is 8.72. The van der Waals surface area contributed by atoms with E-state index in [0.717, 1.165) is 33.6 Å². The summed E-state index contributed by atoms with van der Waals surface area (Å²) in [7, 11) is 0. The summed E-state index contributed by atoms with van der Waals surface area (Å²) in [6, 6.07) is 13.8. The molecule has 1 unspecified atom stereocenters. The van der Waals surface area contributed by atoms with Crippen LogP contribution in [-0.2, 0) is 22.5 Å². The predicted octanol–water partition coefficient (Wildman–Crippen LogP) is 3.99. The Hall–Kier alpha value is -2.25. The molecule has 3 heterocycles. The van der Waals surface area contributed by atoms with Gasteiger partial charge in [0.25, 0.3) is 0 Å². The summed E-state index contributed by atoms with van der Waals surface area (Å²) in [5, 5.41) is 0. The van der Waals surface area contributed by atoms with Gasteiger partial charge in [-0.25, -0.2) is 9.97 Å². The van der Waals surface area contributed by atoms with Crippen LogP contribution in [0.15, 0.2) is 47.1 Å². The lowest BCUT2D eigenvalue weighted by Gasteiger charge is -2.33. The van der Waals surface area contributed by atoms with Crippen molar-refractivity contribution in [2.45, 2.75) is 32.9 Å². The number of ether oxygens (including phenoxy) is 1. The Labute approximate surface area is 179 Å². The second-order valence-electron chi connectivity index (χ2n) is 7.79. The van der Waals surface area contributed by atoms with Gasteiger partial charge < -0.3 is 14.2 Å². The maximum atomic E-state index is 13.2. The third kappa shape index (κ3) is 4.51. The van der Waals surface area contributed by atoms with Crippen LogP contribution in [0.5, 0.6) is 0 Å². The lowest BCUT2D eigenvalue weighted by molar-refractivity contribution is -0.139. The number of imidazole rings is 1. The van der Waals surface area contributed by atoms with Gasteiger partial charge in [-0.2, -0.15) is 0 Å². The molecule has 0 saturated carbocycles. The fourth-order valence-electron chi connectivity index (χ4n) is 3.72. The van der Waals surface area contributed by atoms with Crippen LogP contribution in [-0.4, -0.2) is 45.0 Å². The molecule has 1 atom stereocenters. The Morgan fingerprint density at radius 2 is 2.03 bits per heavy atom. The van der Waals surface area contributed by atoms with Crippen molar-refractivity contribution in [2.24, 2.45) is 5.92 Å². The van der Waals surface area contributed by atoms with Crippen molar-refractivity contribution in [3.05, 3.63) is 58.6 Å². The molecule has 2 aromatic heterocycles. The molecular formula is C22H25BrN4O2. The first kappa shape index (κ1) is 20.0. The summed E-state index contributed by atoms with van der Waals surface area (Å²) in [4.78, 5) is 24.3. The Balaban J connectivity index is 1.54. The molecule has 0 radical (unpaired) electrons. The van der Waals surface area contributed by atoms with E-state index in [0.29, 0.717) is 32.2 Å². The number of nitrogens with zero attached hydrogens (tertiary/aromatic N) is 4. The van der Waals surface area contributed by atoms with E-state index >= 15 is 0 Å². The van der Waals surface area contributed by atoms with Gasteiger partial charge in [-0.05, 0) is 46.1 Å². The molecule has 29 heavy (non-hydrogen) atoms. The molecule has 1 aliphatic heterocycles. The number of amides is 1. The summed E-state index contributed by atoms with van der Waals surface area (Å²) >= 11 is 3.41. The molecule has 0 spiro atoms. The number of carbonyl (C=O) groups is 1. The predicted molar refractivity (Wildman–Crippen MR) is 115 cm³/mol. The SMILES string of the molecule is CC(C)Cc1nc2ccccc2n1CC(=O)N1CCOC(c2cccc(Br)n2)C1. The van der Waals surface area contributed by atoms with Gasteiger partial charge in [0.2, 0.25) is 5.91 Å². The number of benzene rings is 1. The highest BCUT2D eigenvalue weighted by atomic mass is 79.9. The van der Waals surface area contributed by atoms with Crippen LogP contribution in [0, 0.1) is 5.92 Å². The summed E-state index contributed by atoms with van der Waals surface area (Å²) in [6.45, 7) is 6.24. The molecule has 1 amide bonds. The third-order valence-corrected chi connectivity index (χ3v) is 5.55. The Kier molecular flexibility index (Phi) is 5.96. The molecular weight excluding hydrogens is 432 g/mol. The van der Waals surface area contributed by atoms with Gasteiger partial charge in [0.05, 0.1) is 29.9 Å². The monoisotopic (exact) mass is 456 g/mol. The largest absolute Gasteiger partial charge is 0.368 e. The number of hydrogen-bond acceptors (Lipinski definition) is 4. The van der Waals surface area contributed by atoms with Crippen LogP contribution in [0.1, 0.15) is 31.5 Å². The van der Waals surface area contributed by atoms with Gasteiger partial charge >= 0.3 is 0 Å². The van der Waals surface area contributed by atoms with E-state index in [1.807, 2.05) is 47.4 Å². The zero-order valence-electron chi connectivity index (χ0n) is 16.7. The normalized spacial score (nSPS) is 17.2. The van der Waals surface area contributed by atoms with E-state index < -0.39 is 0 Å². The van der Waals surface area contributed by atoms with Gasteiger partial charge in [0.1, 0.15) is 23.1 Å². The van der Waals surface area contributed by atoms with Crippen molar-refractivity contribution in [3.63, 3.8) is 0 Å². The standard InChI is InChI=1S/C22H25BrN4O2/c1-15(2)12-21-25-16-6-3-4-8-18(16)27(21)14-22(28)26-10-11-29-19(13-26)17-7-5-9-20(23)24-17/h3-9,15,19H,10-14H2,1-2H3. The molecule has 1 aliphatic rings. The van der Waals surface area contributed by atoms with Crippen molar-refractivity contribution in [3.8, 4) is 0 Å². The molecule has 4 rings (SSSR count). The van der Waals surface area contributed by atoms with Crippen LogP contribution in [0.25, 0.3) is 11.0 Å². The number of para-hydroxylation sites is 2. The Morgan fingerprint density at radius 1 is 1.21 bits per heavy atom. The summed E-state index contributed by atoms with van der Waals surface area (Å²) in [5.41, 5.74) is 2.79. The Morgan fingerprint density at radius 3 is 2.83 bits per heavy atom. The average Bonchev–Trinajstić information content (AvgIpc) is 3.04. The highest BCUT2D eigenvalue weighted by molar-refractivity contribution is 9.10. The molecule has 3 aromatic rings. The van der Waals surface area contributed by atoms with Gasteiger partial charge in [0, 0.05) is 13.0 Å². The smallest absolute Gasteiger partial charge is 0.242 e. The molecule has 152 valence electrons. The molecule has 6 nitrogen and oxygen atoms in total. The number of morpholine rings is 1. The van der Waals surface area contributed by atoms with E-state index in [2.05, 4.69) is 39.3 Å².